The van der Waals surface area contributed by atoms with E-state index in [-0.39, 0.29) is 29.4 Å². The van der Waals surface area contributed by atoms with Gasteiger partial charge in [-0.3, -0.25) is 0 Å². The molecule has 0 bridgehead atoms. The first-order chi connectivity index (χ1) is 13.0. The van der Waals surface area contributed by atoms with Crippen LogP contribution in [0.4, 0.5) is 4.79 Å². The number of benzene rings is 2. The van der Waals surface area contributed by atoms with Crippen LogP contribution in [0, 0.1) is 0 Å². The standard InChI is InChI=1S/C22H25NO3S/c1-22(2)20(13-24)23(11-12-27-22)21(25)26-14-19-17-9-5-3-7-15(17)16-8-4-6-10-18(16)19/h3-10,19-20,24H,11-14H2,1-2H3/t20-/m0/s1. The van der Waals surface area contributed by atoms with Gasteiger partial charge in [0.1, 0.15) is 6.61 Å². The molecule has 1 fully saturated rings. The van der Waals surface area contributed by atoms with Gasteiger partial charge < -0.3 is 14.7 Å². The molecule has 1 heterocycles. The highest BCUT2D eigenvalue weighted by Gasteiger charge is 2.41. The first-order valence-electron chi connectivity index (χ1n) is 9.39. The number of hydrogen-bond donors (Lipinski definition) is 1. The molecular formula is C22H25NO3S. The summed E-state index contributed by atoms with van der Waals surface area (Å²) in [5.74, 6) is 0.911. The summed E-state index contributed by atoms with van der Waals surface area (Å²) in [6, 6.07) is 16.4. The third-order valence-electron chi connectivity index (χ3n) is 5.73. The van der Waals surface area contributed by atoms with E-state index in [4.69, 9.17) is 4.74 Å². The van der Waals surface area contributed by atoms with E-state index in [2.05, 4.69) is 38.1 Å². The van der Waals surface area contributed by atoms with Crippen molar-refractivity contribution < 1.29 is 14.6 Å². The monoisotopic (exact) mass is 383 g/mol. The van der Waals surface area contributed by atoms with Crippen molar-refractivity contribution in [3.63, 3.8) is 0 Å². The Bertz CT molecular complexity index is 805. The van der Waals surface area contributed by atoms with Crippen LogP contribution >= 0.6 is 11.8 Å². The Morgan fingerprint density at radius 3 is 2.33 bits per heavy atom. The third-order valence-corrected chi connectivity index (χ3v) is 7.13. The molecule has 2 aliphatic rings. The zero-order valence-electron chi connectivity index (χ0n) is 15.7. The number of aliphatic hydroxyl groups excluding tert-OH is 1. The van der Waals surface area contributed by atoms with Gasteiger partial charge in [0.15, 0.2) is 0 Å². The minimum atomic E-state index is -0.329. The molecule has 1 N–H and O–H groups in total. The molecule has 1 atom stereocenters. The molecule has 0 radical (unpaired) electrons. The van der Waals surface area contributed by atoms with Gasteiger partial charge in [-0.15, -0.1) is 0 Å². The maximum atomic E-state index is 12.8. The van der Waals surface area contributed by atoms with Crippen molar-refractivity contribution in [2.24, 2.45) is 0 Å². The second-order valence-electron chi connectivity index (χ2n) is 7.65. The molecule has 0 aromatic heterocycles. The lowest BCUT2D eigenvalue weighted by Crippen LogP contribution is -2.56. The quantitative estimate of drug-likeness (QED) is 0.866. The Morgan fingerprint density at radius 2 is 1.74 bits per heavy atom. The van der Waals surface area contributed by atoms with Crippen LogP contribution < -0.4 is 0 Å². The number of rotatable bonds is 3. The third kappa shape index (κ3) is 3.23. The van der Waals surface area contributed by atoms with Crippen molar-refractivity contribution in [1.29, 1.82) is 0 Å². The van der Waals surface area contributed by atoms with E-state index in [1.54, 1.807) is 16.7 Å². The van der Waals surface area contributed by atoms with Gasteiger partial charge in [-0.25, -0.2) is 4.79 Å². The lowest BCUT2D eigenvalue weighted by Gasteiger charge is -2.44. The van der Waals surface area contributed by atoms with Crippen molar-refractivity contribution in [2.45, 2.75) is 30.6 Å². The van der Waals surface area contributed by atoms with Crippen molar-refractivity contribution in [2.75, 3.05) is 25.5 Å². The van der Waals surface area contributed by atoms with Gasteiger partial charge in [0.2, 0.25) is 0 Å². The molecule has 0 spiro atoms. The molecule has 2 aromatic rings. The molecule has 5 heteroatoms. The molecule has 0 saturated carbocycles. The predicted octanol–water partition coefficient (Wildman–Crippen LogP) is 4.12. The summed E-state index contributed by atoms with van der Waals surface area (Å²) >= 11 is 1.79. The van der Waals surface area contributed by atoms with Gasteiger partial charge in [0.25, 0.3) is 0 Å². The molecule has 4 rings (SSSR count). The largest absolute Gasteiger partial charge is 0.448 e. The number of amides is 1. The molecule has 1 amide bonds. The average Bonchev–Trinajstić information content (AvgIpc) is 2.99. The Morgan fingerprint density at radius 1 is 1.15 bits per heavy atom. The van der Waals surface area contributed by atoms with Crippen LogP contribution in [0.3, 0.4) is 0 Å². The Balaban J connectivity index is 1.53. The number of ether oxygens (including phenoxy) is 1. The van der Waals surface area contributed by atoms with E-state index in [9.17, 15) is 9.90 Å². The summed E-state index contributed by atoms with van der Waals surface area (Å²) in [5, 5.41) is 9.82. The topological polar surface area (TPSA) is 49.8 Å². The molecule has 2 aromatic carbocycles. The van der Waals surface area contributed by atoms with Crippen LogP contribution in [0.1, 0.15) is 30.9 Å². The molecule has 0 unspecified atom stereocenters. The van der Waals surface area contributed by atoms with Crippen LogP contribution in [0.5, 0.6) is 0 Å². The van der Waals surface area contributed by atoms with E-state index < -0.39 is 0 Å². The highest BCUT2D eigenvalue weighted by molar-refractivity contribution is 8.00. The summed E-state index contributed by atoms with van der Waals surface area (Å²) in [6.45, 7) is 5.01. The smallest absolute Gasteiger partial charge is 0.410 e. The van der Waals surface area contributed by atoms with Crippen molar-refractivity contribution in [3.05, 3.63) is 59.7 Å². The Kier molecular flexibility index (Phi) is 4.91. The van der Waals surface area contributed by atoms with Crippen LogP contribution in [0.2, 0.25) is 0 Å². The van der Waals surface area contributed by atoms with E-state index in [0.29, 0.717) is 13.2 Å². The molecule has 4 nitrogen and oxygen atoms in total. The van der Waals surface area contributed by atoms with Gasteiger partial charge >= 0.3 is 6.09 Å². The number of nitrogens with zero attached hydrogens (tertiary/aromatic N) is 1. The normalized spacial score (nSPS) is 20.9. The average molecular weight is 384 g/mol. The fourth-order valence-electron chi connectivity index (χ4n) is 4.25. The SMILES string of the molecule is CC1(C)SCCN(C(=O)OCC2c3ccccc3-c3ccccc32)[C@H]1CO. The Hall–Kier alpha value is -1.98. The second-order valence-corrected chi connectivity index (χ2v) is 9.40. The first-order valence-corrected chi connectivity index (χ1v) is 10.4. The van der Waals surface area contributed by atoms with Crippen molar-refractivity contribution in [3.8, 4) is 11.1 Å². The number of hydrogen-bond acceptors (Lipinski definition) is 4. The van der Waals surface area contributed by atoms with Gasteiger partial charge in [-0.05, 0) is 36.1 Å². The highest BCUT2D eigenvalue weighted by Crippen LogP contribution is 2.44. The molecule has 142 valence electrons. The van der Waals surface area contributed by atoms with Crippen molar-refractivity contribution in [1.82, 2.24) is 4.90 Å². The molecule has 1 aliphatic carbocycles. The van der Waals surface area contributed by atoms with E-state index in [1.165, 1.54) is 22.3 Å². The fourth-order valence-corrected chi connectivity index (χ4v) is 5.46. The summed E-state index contributed by atoms with van der Waals surface area (Å²) in [4.78, 5) is 14.5. The van der Waals surface area contributed by atoms with Gasteiger partial charge in [0, 0.05) is 23.0 Å². The van der Waals surface area contributed by atoms with E-state index >= 15 is 0 Å². The van der Waals surface area contributed by atoms with Crippen LogP contribution in [0.25, 0.3) is 11.1 Å². The minimum Gasteiger partial charge on any atom is -0.448 e. The minimum absolute atomic E-state index is 0.0514. The molecule has 1 aliphatic heterocycles. The summed E-state index contributed by atoms with van der Waals surface area (Å²) in [6.07, 6.45) is -0.329. The van der Waals surface area contributed by atoms with E-state index in [1.807, 2.05) is 24.3 Å². The lowest BCUT2D eigenvalue weighted by molar-refractivity contribution is 0.0585. The first kappa shape index (κ1) is 18.4. The predicted molar refractivity (Wildman–Crippen MR) is 109 cm³/mol. The second kappa shape index (κ2) is 7.21. The molecular weight excluding hydrogens is 358 g/mol. The number of carbonyl (C=O) groups excluding carboxylic acids is 1. The van der Waals surface area contributed by atoms with Crippen LogP contribution in [0.15, 0.2) is 48.5 Å². The van der Waals surface area contributed by atoms with E-state index in [0.717, 1.165) is 5.75 Å². The van der Waals surface area contributed by atoms with Crippen LogP contribution in [-0.4, -0.2) is 52.4 Å². The number of aliphatic hydroxyl groups is 1. The number of fused-ring (bicyclic) bond motifs is 3. The molecule has 27 heavy (non-hydrogen) atoms. The van der Waals surface area contributed by atoms with Gasteiger partial charge in [-0.1, -0.05) is 48.5 Å². The van der Waals surface area contributed by atoms with Gasteiger partial charge in [0.05, 0.1) is 12.6 Å². The zero-order chi connectivity index (χ0) is 19.0. The fraction of sp³-hybridized carbons (Fsp3) is 0.409. The van der Waals surface area contributed by atoms with Crippen molar-refractivity contribution >= 4 is 17.9 Å². The van der Waals surface area contributed by atoms with Crippen LogP contribution in [-0.2, 0) is 4.74 Å². The maximum Gasteiger partial charge on any atom is 0.410 e. The highest BCUT2D eigenvalue weighted by atomic mass is 32.2. The Labute approximate surface area is 164 Å². The lowest BCUT2D eigenvalue weighted by atomic mass is 9.98. The van der Waals surface area contributed by atoms with Gasteiger partial charge in [-0.2, -0.15) is 11.8 Å². The number of carbonyl (C=O) groups is 1. The summed E-state index contributed by atoms with van der Waals surface area (Å²) in [7, 11) is 0. The summed E-state index contributed by atoms with van der Waals surface area (Å²) in [5.41, 5.74) is 4.86. The molecule has 1 saturated heterocycles. The maximum absolute atomic E-state index is 12.8. The number of thioether (sulfide) groups is 1. The summed E-state index contributed by atoms with van der Waals surface area (Å²) < 4.78 is 5.59. The zero-order valence-corrected chi connectivity index (χ0v) is 16.5.